The number of halogens is 2. The van der Waals surface area contributed by atoms with Crippen LogP contribution in [-0.2, 0) is 6.42 Å². The van der Waals surface area contributed by atoms with Crippen molar-refractivity contribution in [1.82, 2.24) is 19.7 Å². The van der Waals surface area contributed by atoms with Crippen LogP contribution in [0.5, 0.6) is 5.75 Å². The number of nitrogens with zero attached hydrogens (tertiary/aromatic N) is 4. The van der Waals surface area contributed by atoms with Gasteiger partial charge in [-0.15, -0.1) is 11.3 Å². The second-order valence-corrected chi connectivity index (χ2v) is 9.78. The van der Waals surface area contributed by atoms with Crippen LogP contribution in [0.2, 0.25) is 0 Å². The van der Waals surface area contributed by atoms with Crippen LogP contribution in [0.4, 0.5) is 14.6 Å². The predicted molar refractivity (Wildman–Crippen MR) is 127 cm³/mol. The monoisotopic (exact) mass is 479 g/mol. The normalized spacial score (nSPS) is 15.5. The summed E-state index contributed by atoms with van der Waals surface area (Å²) in [6.45, 7) is 1.48. The number of benzene rings is 1. The molecule has 1 aliphatic heterocycles. The van der Waals surface area contributed by atoms with E-state index in [1.165, 1.54) is 60.2 Å². The summed E-state index contributed by atoms with van der Waals surface area (Å²) >= 11 is 1.53. The molecule has 1 N–H and O–H groups in total. The Kier molecular flexibility index (Phi) is 5.49. The van der Waals surface area contributed by atoms with Crippen molar-refractivity contribution in [2.75, 3.05) is 18.5 Å². The number of ether oxygens (including phenoxy) is 1. The van der Waals surface area contributed by atoms with Crippen LogP contribution in [-0.4, -0.2) is 32.9 Å². The molecule has 1 aliphatic carbocycles. The minimum atomic E-state index is -0.691. The van der Waals surface area contributed by atoms with Gasteiger partial charge in [0.2, 0.25) is 0 Å². The minimum absolute atomic E-state index is 0.151. The van der Waals surface area contributed by atoms with Gasteiger partial charge in [-0.2, -0.15) is 5.10 Å². The highest BCUT2D eigenvalue weighted by atomic mass is 32.1. The van der Waals surface area contributed by atoms with Gasteiger partial charge < -0.3 is 10.1 Å². The molecule has 0 bridgehead atoms. The molecule has 0 atom stereocenters. The minimum Gasteiger partial charge on any atom is -0.491 e. The van der Waals surface area contributed by atoms with Gasteiger partial charge in [-0.3, -0.25) is 0 Å². The van der Waals surface area contributed by atoms with Crippen LogP contribution in [0, 0.1) is 17.6 Å². The van der Waals surface area contributed by atoms with Gasteiger partial charge in [0.1, 0.15) is 35.1 Å². The van der Waals surface area contributed by atoms with Crippen LogP contribution < -0.4 is 10.1 Å². The van der Waals surface area contributed by atoms with Crippen molar-refractivity contribution in [3.63, 3.8) is 0 Å². The molecule has 3 aromatic heterocycles. The van der Waals surface area contributed by atoms with Gasteiger partial charge in [-0.25, -0.2) is 23.4 Å². The Morgan fingerprint density at radius 2 is 2.00 bits per heavy atom. The van der Waals surface area contributed by atoms with E-state index in [2.05, 4.69) is 15.4 Å². The lowest BCUT2D eigenvalue weighted by molar-refractivity contribution is 0.325. The van der Waals surface area contributed by atoms with Crippen LogP contribution in [0.3, 0.4) is 0 Å². The zero-order chi connectivity index (χ0) is 23.1. The number of pyridine rings is 1. The number of hydrogen-bond acceptors (Lipinski definition) is 6. The lowest BCUT2D eigenvalue weighted by Gasteiger charge is -2.13. The van der Waals surface area contributed by atoms with Gasteiger partial charge in [0, 0.05) is 19.0 Å². The van der Waals surface area contributed by atoms with E-state index in [9.17, 15) is 8.78 Å². The van der Waals surface area contributed by atoms with Crippen LogP contribution in [0.25, 0.3) is 27.0 Å². The van der Waals surface area contributed by atoms with Crippen molar-refractivity contribution in [2.24, 2.45) is 5.92 Å². The van der Waals surface area contributed by atoms with E-state index < -0.39 is 11.6 Å². The van der Waals surface area contributed by atoms with E-state index >= 15 is 0 Å². The summed E-state index contributed by atoms with van der Waals surface area (Å²) < 4.78 is 35.3. The first-order chi connectivity index (χ1) is 16.7. The first-order valence-electron chi connectivity index (χ1n) is 11.5. The number of hydrogen-bond donors (Lipinski definition) is 1. The molecule has 4 heterocycles. The number of rotatable bonds is 5. The number of fused-ring (bicyclic) bond motifs is 3. The molecule has 0 unspecified atom stereocenters. The molecule has 9 heteroatoms. The lowest BCUT2D eigenvalue weighted by Crippen LogP contribution is -2.12. The molecule has 174 valence electrons. The zero-order valence-corrected chi connectivity index (χ0v) is 19.2. The molecule has 6 rings (SSSR count). The average Bonchev–Trinajstić information content (AvgIpc) is 3.58. The fourth-order valence-corrected chi connectivity index (χ4v) is 5.91. The Balaban J connectivity index is 1.35. The molecular formula is C25H23F2N5OS. The standard InChI is InChI=1S/C25H23F2N5OS/c26-17-5-6-19(18(27)12-17)32-25(29-14-30-32)21-11-16-9-10-33-20-7-8-22(31-23(20)24(16)34-21)28-13-15-3-1-2-4-15/h5-8,11-12,14-15H,1-4,9-10,13H2,(H,28,31). The van der Waals surface area contributed by atoms with Crippen molar-refractivity contribution >= 4 is 17.2 Å². The fraction of sp³-hybridized carbons (Fsp3) is 0.320. The molecular weight excluding hydrogens is 456 g/mol. The molecule has 1 fully saturated rings. The van der Waals surface area contributed by atoms with E-state index in [4.69, 9.17) is 9.72 Å². The molecule has 0 radical (unpaired) electrons. The third-order valence-electron chi connectivity index (χ3n) is 6.46. The highest BCUT2D eigenvalue weighted by Gasteiger charge is 2.24. The molecule has 0 amide bonds. The van der Waals surface area contributed by atoms with Crippen molar-refractivity contribution in [2.45, 2.75) is 32.1 Å². The molecule has 34 heavy (non-hydrogen) atoms. The molecule has 0 spiro atoms. The van der Waals surface area contributed by atoms with Crippen molar-refractivity contribution in [3.05, 3.63) is 59.9 Å². The van der Waals surface area contributed by atoms with Gasteiger partial charge in [0.15, 0.2) is 11.6 Å². The van der Waals surface area contributed by atoms with Gasteiger partial charge in [0.05, 0.1) is 16.4 Å². The summed E-state index contributed by atoms with van der Waals surface area (Å²) in [5.41, 5.74) is 2.06. The van der Waals surface area contributed by atoms with Crippen molar-refractivity contribution < 1.29 is 13.5 Å². The quantitative estimate of drug-likeness (QED) is 0.388. The molecule has 4 aromatic rings. The number of aromatic nitrogens is 4. The SMILES string of the molecule is Fc1ccc(-n2ncnc2-c2cc3c(s2)-c2nc(NCC4CCCC4)ccc2OCC3)c(F)c1. The largest absolute Gasteiger partial charge is 0.491 e. The highest BCUT2D eigenvalue weighted by Crippen LogP contribution is 2.43. The van der Waals surface area contributed by atoms with Crippen LogP contribution in [0.1, 0.15) is 31.2 Å². The number of nitrogens with one attached hydrogen (secondary N) is 1. The van der Waals surface area contributed by atoms with E-state index in [0.29, 0.717) is 18.3 Å². The molecule has 6 nitrogen and oxygen atoms in total. The third-order valence-corrected chi connectivity index (χ3v) is 7.64. The molecule has 0 saturated heterocycles. The summed E-state index contributed by atoms with van der Waals surface area (Å²) in [7, 11) is 0. The second kappa shape index (κ2) is 8.79. The van der Waals surface area contributed by atoms with E-state index in [-0.39, 0.29) is 5.69 Å². The van der Waals surface area contributed by atoms with Crippen LogP contribution in [0.15, 0.2) is 42.7 Å². The van der Waals surface area contributed by atoms with Crippen molar-refractivity contribution in [1.29, 1.82) is 0 Å². The third kappa shape index (κ3) is 3.94. The average molecular weight is 480 g/mol. The Labute approximate surface area is 199 Å². The summed E-state index contributed by atoms with van der Waals surface area (Å²) in [6, 6.07) is 9.42. The smallest absolute Gasteiger partial charge is 0.173 e. The van der Waals surface area contributed by atoms with E-state index in [1.54, 1.807) is 0 Å². The topological polar surface area (TPSA) is 64.9 Å². The maximum atomic E-state index is 14.5. The van der Waals surface area contributed by atoms with Gasteiger partial charge in [-0.1, -0.05) is 12.8 Å². The summed E-state index contributed by atoms with van der Waals surface area (Å²) in [5.74, 6) is 1.48. The van der Waals surface area contributed by atoms with Gasteiger partial charge >= 0.3 is 0 Å². The molecule has 1 saturated carbocycles. The second-order valence-electron chi connectivity index (χ2n) is 8.73. The first-order valence-corrected chi connectivity index (χ1v) is 12.3. The Bertz CT molecular complexity index is 1350. The van der Waals surface area contributed by atoms with Crippen molar-refractivity contribution in [3.8, 4) is 32.7 Å². The van der Waals surface area contributed by atoms with Gasteiger partial charge in [-0.05, 0) is 54.7 Å². The lowest BCUT2D eigenvalue weighted by atomic mass is 10.1. The highest BCUT2D eigenvalue weighted by molar-refractivity contribution is 7.19. The Morgan fingerprint density at radius 3 is 2.85 bits per heavy atom. The molecule has 1 aromatic carbocycles. The summed E-state index contributed by atoms with van der Waals surface area (Å²) in [6.07, 6.45) is 7.27. The Hall–Kier alpha value is -3.33. The Morgan fingerprint density at radius 1 is 1.12 bits per heavy atom. The molecule has 2 aliphatic rings. The van der Waals surface area contributed by atoms with Gasteiger partial charge in [0.25, 0.3) is 0 Å². The van der Waals surface area contributed by atoms with E-state index in [0.717, 1.165) is 51.6 Å². The predicted octanol–water partition coefficient (Wildman–Crippen LogP) is 5.87. The number of thiophene rings is 1. The van der Waals surface area contributed by atoms with Crippen LogP contribution >= 0.6 is 11.3 Å². The number of anilines is 1. The fourth-order valence-electron chi connectivity index (χ4n) is 4.72. The maximum absolute atomic E-state index is 14.5. The summed E-state index contributed by atoms with van der Waals surface area (Å²) in [4.78, 5) is 11.1. The first kappa shape index (κ1) is 21.2. The van der Waals surface area contributed by atoms with E-state index in [1.807, 2.05) is 18.2 Å². The maximum Gasteiger partial charge on any atom is 0.173 e. The zero-order valence-electron chi connectivity index (χ0n) is 18.4. The summed E-state index contributed by atoms with van der Waals surface area (Å²) in [5, 5.41) is 7.70.